The lowest BCUT2D eigenvalue weighted by molar-refractivity contribution is -0.136. The van der Waals surface area contributed by atoms with E-state index in [-0.39, 0.29) is 11.7 Å². The van der Waals surface area contributed by atoms with E-state index in [1.807, 2.05) is 18.2 Å². The number of nitrogens with one attached hydrogen (secondary N) is 1. The molecular formula is C25H35N3O4S. The number of nitrogens with zero attached hydrogens (tertiary/aromatic N) is 1. The van der Waals surface area contributed by atoms with Gasteiger partial charge in [0.2, 0.25) is 11.8 Å². The molecule has 1 unspecified atom stereocenters. The van der Waals surface area contributed by atoms with Gasteiger partial charge in [-0.2, -0.15) is 0 Å². The third kappa shape index (κ3) is 9.75. The van der Waals surface area contributed by atoms with Crippen LogP contribution in [-0.4, -0.2) is 63.2 Å². The molecule has 0 radical (unpaired) electrons. The van der Waals surface area contributed by atoms with Crippen LogP contribution >= 0.6 is 0 Å². The summed E-state index contributed by atoms with van der Waals surface area (Å²) in [5.74, 6) is 0.106. The van der Waals surface area contributed by atoms with Crippen LogP contribution in [0.5, 0.6) is 5.75 Å². The Kier molecular flexibility index (Phi) is 11.1. The van der Waals surface area contributed by atoms with Gasteiger partial charge in [-0.3, -0.25) is 13.8 Å². The van der Waals surface area contributed by atoms with Crippen LogP contribution in [0.4, 0.5) is 0 Å². The Bertz CT molecular complexity index is 906. The van der Waals surface area contributed by atoms with Crippen LogP contribution in [0.1, 0.15) is 30.9 Å². The number of aromatic hydroxyl groups is 1. The Morgan fingerprint density at radius 1 is 1.03 bits per heavy atom. The maximum Gasteiger partial charge on any atom is 0.244 e. The van der Waals surface area contributed by atoms with Crippen LogP contribution in [0.3, 0.4) is 0 Å². The monoisotopic (exact) mass is 473 g/mol. The number of benzene rings is 2. The molecule has 0 aliphatic rings. The van der Waals surface area contributed by atoms with Gasteiger partial charge in [-0.25, -0.2) is 0 Å². The molecule has 2 aromatic rings. The predicted molar refractivity (Wildman–Crippen MR) is 132 cm³/mol. The summed E-state index contributed by atoms with van der Waals surface area (Å²) < 4.78 is 11.4. The molecule has 0 aliphatic carbocycles. The molecule has 0 fully saturated rings. The first kappa shape index (κ1) is 26.5. The number of rotatable bonds is 13. The first-order valence-electron chi connectivity index (χ1n) is 11.2. The molecule has 33 heavy (non-hydrogen) atoms. The van der Waals surface area contributed by atoms with Gasteiger partial charge in [0, 0.05) is 35.9 Å². The first-order valence-corrected chi connectivity index (χ1v) is 13.0. The van der Waals surface area contributed by atoms with Gasteiger partial charge in [-0.1, -0.05) is 42.5 Å². The maximum absolute atomic E-state index is 13.1. The Labute approximate surface area is 198 Å². The first-order chi connectivity index (χ1) is 15.8. The van der Waals surface area contributed by atoms with Crippen LogP contribution in [-0.2, 0) is 33.2 Å². The zero-order valence-corrected chi connectivity index (χ0v) is 20.2. The minimum absolute atomic E-state index is 0.148. The number of hydrogen-bond acceptors (Lipinski definition) is 5. The summed E-state index contributed by atoms with van der Waals surface area (Å²) >= 11 is 0. The molecule has 0 saturated carbocycles. The van der Waals surface area contributed by atoms with Crippen LogP contribution < -0.4 is 11.1 Å². The van der Waals surface area contributed by atoms with E-state index in [1.54, 1.807) is 42.3 Å². The van der Waals surface area contributed by atoms with Crippen LogP contribution in [0.15, 0.2) is 54.6 Å². The topological polar surface area (TPSA) is 113 Å². The third-order valence-corrected chi connectivity index (χ3v) is 6.23. The van der Waals surface area contributed by atoms with Crippen molar-refractivity contribution in [1.82, 2.24) is 10.2 Å². The number of nitrogens with two attached hydrogens (primary N) is 1. The fourth-order valence-corrected chi connectivity index (χ4v) is 4.08. The van der Waals surface area contributed by atoms with Crippen molar-refractivity contribution < 1.29 is 18.9 Å². The minimum Gasteiger partial charge on any atom is -0.508 e. The van der Waals surface area contributed by atoms with Crippen molar-refractivity contribution in [1.29, 1.82) is 0 Å². The highest BCUT2D eigenvalue weighted by molar-refractivity contribution is 7.84. The molecule has 2 rings (SSSR count). The number of hydrogen-bond donors (Lipinski definition) is 3. The van der Waals surface area contributed by atoms with E-state index in [0.29, 0.717) is 31.7 Å². The van der Waals surface area contributed by atoms with E-state index >= 15 is 0 Å². The molecular weight excluding hydrogens is 438 g/mol. The number of carbonyl (C=O) groups excluding carboxylic acids is 2. The van der Waals surface area contributed by atoms with Gasteiger partial charge in [0.05, 0.1) is 6.04 Å². The lowest BCUT2D eigenvalue weighted by atomic mass is 10.1. The smallest absolute Gasteiger partial charge is 0.244 e. The van der Waals surface area contributed by atoms with E-state index in [1.165, 1.54) is 5.56 Å². The van der Waals surface area contributed by atoms with Crippen molar-refractivity contribution in [3.05, 3.63) is 65.7 Å². The number of phenols is 1. The van der Waals surface area contributed by atoms with E-state index in [4.69, 9.17) is 5.73 Å². The number of aryl methyl sites for hydroxylation is 1. The van der Waals surface area contributed by atoms with Crippen LogP contribution in [0, 0.1) is 0 Å². The Hall–Kier alpha value is -2.71. The van der Waals surface area contributed by atoms with Crippen LogP contribution in [0.25, 0.3) is 0 Å². The highest BCUT2D eigenvalue weighted by atomic mass is 32.2. The second-order valence-electron chi connectivity index (χ2n) is 8.25. The molecule has 0 bridgehead atoms. The molecule has 0 aromatic heterocycles. The molecule has 7 nitrogen and oxygen atoms in total. The van der Waals surface area contributed by atoms with Gasteiger partial charge in [-0.15, -0.1) is 0 Å². The third-order valence-electron chi connectivity index (χ3n) is 5.37. The average Bonchev–Trinajstić information content (AvgIpc) is 2.79. The lowest BCUT2D eigenvalue weighted by Crippen LogP contribution is -2.52. The number of carbonyl (C=O) groups is 2. The maximum atomic E-state index is 13.1. The Morgan fingerprint density at radius 3 is 2.30 bits per heavy atom. The van der Waals surface area contributed by atoms with Gasteiger partial charge in [0.1, 0.15) is 11.8 Å². The lowest BCUT2D eigenvalue weighted by Gasteiger charge is -2.27. The Balaban J connectivity index is 1.91. The van der Waals surface area contributed by atoms with Crippen molar-refractivity contribution in [2.24, 2.45) is 5.73 Å². The number of amides is 2. The minimum atomic E-state index is -0.918. The molecule has 0 heterocycles. The molecule has 2 aromatic carbocycles. The number of phenolic OH excluding ortho intramolecular Hbond substituents is 1. The summed E-state index contributed by atoms with van der Waals surface area (Å²) in [7, 11) is -0.918. The molecule has 0 spiro atoms. The second kappa shape index (κ2) is 13.7. The molecule has 0 aliphatic heterocycles. The van der Waals surface area contributed by atoms with E-state index in [2.05, 4.69) is 17.4 Å². The van der Waals surface area contributed by atoms with Crippen molar-refractivity contribution in [3.8, 4) is 5.75 Å². The predicted octanol–water partition coefficient (Wildman–Crippen LogP) is 2.00. The molecule has 8 heteroatoms. The molecule has 180 valence electrons. The molecule has 0 saturated heterocycles. The summed E-state index contributed by atoms with van der Waals surface area (Å²) in [6, 6.07) is 15.1. The van der Waals surface area contributed by atoms with Gasteiger partial charge in [0.15, 0.2) is 0 Å². The summed E-state index contributed by atoms with van der Waals surface area (Å²) in [6.07, 6.45) is 4.24. The van der Waals surface area contributed by atoms with E-state index in [0.717, 1.165) is 18.4 Å². The van der Waals surface area contributed by atoms with E-state index < -0.39 is 28.8 Å². The average molecular weight is 474 g/mol. The molecule has 3 atom stereocenters. The van der Waals surface area contributed by atoms with Gasteiger partial charge in [-0.05, 0) is 55.9 Å². The van der Waals surface area contributed by atoms with Crippen molar-refractivity contribution in [2.75, 3.05) is 25.1 Å². The normalized spacial score (nSPS) is 13.7. The largest absolute Gasteiger partial charge is 0.508 e. The van der Waals surface area contributed by atoms with Crippen molar-refractivity contribution in [2.45, 2.75) is 44.7 Å². The zero-order valence-electron chi connectivity index (χ0n) is 19.4. The second-order valence-corrected chi connectivity index (χ2v) is 9.81. The fourth-order valence-electron chi connectivity index (χ4n) is 3.54. The highest BCUT2D eigenvalue weighted by Gasteiger charge is 2.24. The summed E-state index contributed by atoms with van der Waals surface area (Å²) in [5, 5.41) is 12.1. The zero-order chi connectivity index (χ0) is 24.2. The van der Waals surface area contributed by atoms with Crippen molar-refractivity contribution >= 4 is 22.6 Å². The standard InChI is InChI=1S/C25H35N3O4S/c1-19(27-24(30)23(26)18-21-11-13-22(29)14-12-21)25(31)28(16-7-17-33(2)32)15-6-10-20-8-4-3-5-9-20/h3-5,8-9,11-14,19,23,29H,6-7,10,15-18,26H2,1-2H3,(H,27,30)/t19-,23+,33?/m1/s1. The Morgan fingerprint density at radius 2 is 1.67 bits per heavy atom. The van der Waals surface area contributed by atoms with Gasteiger partial charge < -0.3 is 21.1 Å². The summed E-state index contributed by atoms with van der Waals surface area (Å²) in [5.41, 5.74) is 8.07. The van der Waals surface area contributed by atoms with Crippen molar-refractivity contribution in [3.63, 3.8) is 0 Å². The fraction of sp³-hybridized carbons (Fsp3) is 0.440. The van der Waals surface area contributed by atoms with E-state index in [9.17, 15) is 18.9 Å². The SMILES string of the molecule is C[C@@H](NC(=O)[C@@H](N)Cc1ccc(O)cc1)C(=O)N(CCCc1ccccc1)CCCS(C)=O. The summed E-state index contributed by atoms with van der Waals surface area (Å²) in [6.45, 7) is 2.71. The van der Waals surface area contributed by atoms with Gasteiger partial charge >= 0.3 is 0 Å². The summed E-state index contributed by atoms with van der Waals surface area (Å²) in [4.78, 5) is 27.4. The molecule has 2 amide bonds. The van der Waals surface area contributed by atoms with Gasteiger partial charge in [0.25, 0.3) is 0 Å². The highest BCUT2D eigenvalue weighted by Crippen LogP contribution is 2.11. The van der Waals surface area contributed by atoms with Crippen LogP contribution in [0.2, 0.25) is 0 Å². The molecule has 4 N–H and O–H groups in total. The quantitative estimate of drug-likeness (QED) is 0.412.